The number of nitrogens with one attached hydrogen (secondary N) is 1. The predicted octanol–water partition coefficient (Wildman–Crippen LogP) is 3.29. The van der Waals surface area contributed by atoms with Crippen molar-refractivity contribution in [3.05, 3.63) is 46.4 Å². The van der Waals surface area contributed by atoms with Gasteiger partial charge >= 0.3 is 0 Å². The van der Waals surface area contributed by atoms with Gasteiger partial charge in [0.2, 0.25) is 0 Å². The van der Waals surface area contributed by atoms with Crippen molar-refractivity contribution in [2.45, 2.75) is 4.90 Å². The van der Waals surface area contributed by atoms with Gasteiger partial charge in [-0.15, -0.1) is 11.8 Å². The normalized spacial score (nSPS) is 10.2. The second-order valence-corrected chi connectivity index (χ2v) is 5.64. The minimum Gasteiger partial charge on any atom is -0.368 e. The number of nitrogens with zero attached hydrogens (tertiary/aromatic N) is 2. The summed E-state index contributed by atoms with van der Waals surface area (Å²) in [7, 11) is 0. The molecule has 0 saturated heterocycles. The van der Waals surface area contributed by atoms with E-state index in [1.54, 1.807) is 12.5 Å². The van der Waals surface area contributed by atoms with E-state index in [0.717, 1.165) is 21.7 Å². The molecule has 0 radical (unpaired) electrons. The Bertz CT molecular complexity index is 464. The van der Waals surface area contributed by atoms with Crippen molar-refractivity contribution in [2.24, 2.45) is 0 Å². The number of hydrogen-bond acceptors (Lipinski definition) is 4. The van der Waals surface area contributed by atoms with Gasteiger partial charge in [-0.05, 0) is 34.7 Å². The highest BCUT2D eigenvalue weighted by atomic mass is 127. The number of rotatable bonds is 5. The Hall–Kier alpha value is -0.820. The number of hydrogen-bond donors (Lipinski definition) is 1. The molecule has 5 heteroatoms. The van der Waals surface area contributed by atoms with E-state index in [1.165, 1.54) is 4.90 Å². The highest BCUT2D eigenvalue weighted by Gasteiger charge is 1.99. The van der Waals surface area contributed by atoms with Gasteiger partial charge in [-0.25, -0.2) is 9.97 Å². The lowest BCUT2D eigenvalue weighted by Crippen LogP contribution is -2.07. The third kappa shape index (κ3) is 4.16. The molecule has 0 saturated carbocycles. The summed E-state index contributed by atoms with van der Waals surface area (Å²) in [6.07, 6.45) is 3.37. The van der Waals surface area contributed by atoms with E-state index >= 15 is 0 Å². The maximum atomic E-state index is 4.18. The van der Waals surface area contributed by atoms with Crippen molar-refractivity contribution >= 4 is 40.2 Å². The summed E-state index contributed by atoms with van der Waals surface area (Å²) in [6, 6.07) is 10.4. The number of benzene rings is 1. The minimum atomic E-state index is 0.895. The van der Waals surface area contributed by atoms with E-state index in [0.29, 0.717) is 0 Å². The summed E-state index contributed by atoms with van der Waals surface area (Å²) >= 11 is 4.07. The summed E-state index contributed by atoms with van der Waals surface area (Å²) in [6.45, 7) is 0.895. The van der Waals surface area contributed by atoms with Gasteiger partial charge in [-0.2, -0.15) is 0 Å². The Morgan fingerprint density at radius 2 is 2.06 bits per heavy atom. The van der Waals surface area contributed by atoms with Crippen molar-refractivity contribution in [1.82, 2.24) is 9.97 Å². The standard InChI is InChI=1S/C12H12IN3S/c13-11-8-14-9-16-12(11)15-6-7-17-10-4-2-1-3-5-10/h1-5,8-9H,6-7H2,(H,14,15,16). The Labute approximate surface area is 119 Å². The van der Waals surface area contributed by atoms with Crippen LogP contribution < -0.4 is 5.32 Å². The quantitative estimate of drug-likeness (QED) is 0.506. The smallest absolute Gasteiger partial charge is 0.142 e. The molecule has 3 nitrogen and oxygen atoms in total. The Morgan fingerprint density at radius 3 is 2.82 bits per heavy atom. The monoisotopic (exact) mass is 357 g/mol. The maximum Gasteiger partial charge on any atom is 0.142 e. The molecule has 88 valence electrons. The van der Waals surface area contributed by atoms with Gasteiger partial charge in [0.15, 0.2) is 0 Å². The molecule has 0 bridgehead atoms. The number of aromatic nitrogens is 2. The first kappa shape index (κ1) is 12.6. The fraction of sp³-hybridized carbons (Fsp3) is 0.167. The highest BCUT2D eigenvalue weighted by molar-refractivity contribution is 14.1. The average molecular weight is 357 g/mol. The number of thioether (sulfide) groups is 1. The molecule has 0 aliphatic heterocycles. The molecule has 17 heavy (non-hydrogen) atoms. The van der Waals surface area contributed by atoms with Crippen molar-refractivity contribution in [2.75, 3.05) is 17.6 Å². The second-order valence-electron chi connectivity index (χ2n) is 3.31. The van der Waals surface area contributed by atoms with Crippen LogP contribution in [0.1, 0.15) is 0 Å². The third-order valence-electron chi connectivity index (χ3n) is 2.07. The zero-order valence-corrected chi connectivity index (χ0v) is 12.1. The van der Waals surface area contributed by atoms with Gasteiger partial charge in [0.25, 0.3) is 0 Å². The SMILES string of the molecule is Ic1cncnc1NCCSc1ccccc1. The number of anilines is 1. The molecule has 0 atom stereocenters. The van der Waals surface area contributed by atoms with Crippen LogP contribution in [0.3, 0.4) is 0 Å². The molecule has 0 spiro atoms. The summed E-state index contributed by atoms with van der Waals surface area (Å²) in [5.74, 6) is 1.93. The van der Waals surface area contributed by atoms with Crippen LogP contribution in [0.4, 0.5) is 5.82 Å². The zero-order valence-electron chi connectivity index (χ0n) is 9.14. The molecular formula is C12H12IN3S. The van der Waals surface area contributed by atoms with Gasteiger partial charge < -0.3 is 5.32 Å². The lowest BCUT2D eigenvalue weighted by atomic mass is 10.4. The van der Waals surface area contributed by atoms with Crippen molar-refractivity contribution in [3.8, 4) is 0 Å². The largest absolute Gasteiger partial charge is 0.368 e. The van der Waals surface area contributed by atoms with Crippen LogP contribution >= 0.6 is 34.4 Å². The Balaban J connectivity index is 1.76. The summed E-state index contributed by atoms with van der Waals surface area (Å²) in [4.78, 5) is 9.44. The summed E-state index contributed by atoms with van der Waals surface area (Å²) < 4.78 is 1.05. The molecular weight excluding hydrogens is 345 g/mol. The predicted molar refractivity (Wildman–Crippen MR) is 80.4 cm³/mol. The zero-order chi connectivity index (χ0) is 11.9. The molecule has 0 aliphatic carbocycles. The van der Waals surface area contributed by atoms with E-state index in [9.17, 15) is 0 Å². The van der Waals surface area contributed by atoms with Gasteiger partial charge in [0, 0.05) is 23.4 Å². The average Bonchev–Trinajstić information content (AvgIpc) is 2.38. The molecule has 1 aromatic heterocycles. The van der Waals surface area contributed by atoms with Crippen LogP contribution in [0.25, 0.3) is 0 Å². The summed E-state index contributed by atoms with van der Waals surface area (Å²) in [5.41, 5.74) is 0. The molecule has 1 heterocycles. The molecule has 0 unspecified atom stereocenters. The van der Waals surface area contributed by atoms with Crippen LogP contribution in [0.2, 0.25) is 0 Å². The van der Waals surface area contributed by atoms with E-state index in [-0.39, 0.29) is 0 Å². The number of halogens is 1. The first-order valence-corrected chi connectivity index (χ1v) is 7.30. The highest BCUT2D eigenvalue weighted by Crippen LogP contribution is 2.17. The van der Waals surface area contributed by atoms with Gasteiger partial charge in [-0.3, -0.25) is 0 Å². The lowest BCUT2D eigenvalue weighted by Gasteiger charge is -2.06. The van der Waals surface area contributed by atoms with Crippen LogP contribution in [0, 0.1) is 3.57 Å². The fourth-order valence-corrected chi connectivity index (χ4v) is 2.58. The topological polar surface area (TPSA) is 37.8 Å². The lowest BCUT2D eigenvalue weighted by molar-refractivity contribution is 1.10. The van der Waals surface area contributed by atoms with Crippen LogP contribution in [-0.2, 0) is 0 Å². The van der Waals surface area contributed by atoms with Gasteiger partial charge in [0.05, 0.1) is 3.57 Å². The van der Waals surface area contributed by atoms with E-state index in [4.69, 9.17) is 0 Å². The van der Waals surface area contributed by atoms with E-state index in [1.807, 2.05) is 17.8 Å². The van der Waals surface area contributed by atoms with E-state index in [2.05, 4.69) is 62.1 Å². The van der Waals surface area contributed by atoms with E-state index < -0.39 is 0 Å². The maximum absolute atomic E-state index is 4.18. The van der Waals surface area contributed by atoms with Gasteiger partial charge in [-0.1, -0.05) is 18.2 Å². The van der Waals surface area contributed by atoms with Crippen molar-refractivity contribution in [3.63, 3.8) is 0 Å². The first-order chi connectivity index (χ1) is 8.36. The van der Waals surface area contributed by atoms with Crippen LogP contribution in [0.5, 0.6) is 0 Å². The second kappa shape index (κ2) is 6.80. The van der Waals surface area contributed by atoms with Crippen molar-refractivity contribution < 1.29 is 0 Å². The molecule has 0 amide bonds. The Kier molecular flexibility index (Phi) is 5.06. The Morgan fingerprint density at radius 1 is 1.24 bits per heavy atom. The first-order valence-electron chi connectivity index (χ1n) is 5.23. The van der Waals surface area contributed by atoms with Gasteiger partial charge in [0.1, 0.15) is 12.1 Å². The summed E-state index contributed by atoms with van der Waals surface area (Å²) in [5, 5.41) is 3.30. The fourth-order valence-electron chi connectivity index (χ4n) is 1.30. The molecule has 0 aliphatic rings. The molecule has 1 aromatic carbocycles. The molecule has 2 rings (SSSR count). The molecule has 1 N–H and O–H groups in total. The van der Waals surface area contributed by atoms with Crippen LogP contribution in [0.15, 0.2) is 47.8 Å². The molecule has 0 fully saturated rings. The molecule has 2 aromatic rings. The van der Waals surface area contributed by atoms with Crippen LogP contribution in [-0.4, -0.2) is 22.3 Å². The van der Waals surface area contributed by atoms with Crippen molar-refractivity contribution in [1.29, 1.82) is 0 Å². The third-order valence-corrected chi connectivity index (χ3v) is 3.88. The minimum absolute atomic E-state index is 0.895.